The van der Waals surface area contributed by atoms with Crippen molar-refractivity contribution in [1.82, 2.24) is 0 Å². The molecule has 8 heteroatoms. The summed E-state index contributed by atoms with van der Waals surface area (Å²) in [6.07, 6.45) is 1.38. The molecule has 0 aliphatic heterocycles. The maximum atomic E-state index is 13.2. The molecule has 0 saturated carbocycles. The monoisotopic (exact) mass is 405 g/mol. The number of furan rings is 1. The van der Waals surface area contributed by atoms with Crippen molar-refractivity contribution < 1.29 is 23.3 Å². The second kappa shape index (κ2) is 7.32. The van der Waals surface area contributed by atoms with Gasteiger partial charge in [0.25, 0.3) is 5.69 Å². The largest absolute Gasteiger partial charge is 0.461 e. The summed E-state index contributed by atoms with van der Waals surface area (Å²) < 4.78 is 16.5. The third kappa shape index (κ3) is 3.24. The Morgan fingerprint density at radius 1 is 1.07 bits per heavy atom. The van der Waals surface area contributed by atoms with Crippen molar-refractivity contribution in [1.29, 1.82) is 0 Å². The van der Waals surface area contributed by atoms with Crippen LogP contribution in [0, 0.1) is 24.0 Å². The molecule has 0 amide bonds. The van der Waals surface area contributed by atoms with E-state index in [9.17, 15) is 19.7 Å². The van der Waals surface area contributed by atoms with Gasteiger partial charge in [0.2, 0.25) is 16.9 Å². The minimum absolute atomic E-state index is 0.0762. The van der Waals surface area contributed by atoms with Crippen LogP contribution in [-0.2, 0) is 0 Å². The molecule has 0 spiro atoms. The first-order valence-corrected chi connectivity index (χ1v) is 8.94. The summed E-state index contributed by atoms with van der Waals surface area (Å²) in [5, 5.41) is 11.5. The van der Waals surface area contributed by atoms with Crippen molar-refractivity contribution in [3.05, 3.63) is 91.8 Å². The van der Waals surface area contributed by atoms with Gasteiger partial charge in [0, 0.05) is 6.07 Å². The predicted molar refractivity (Wildman–Crippen MR) is 108 cm³/mol. The third-order valence-corrected chi connectivity index (χ3v) is 4.73. The van der Waals surface area contributed by atoms with Gasteiger partial charge in [-0.15, -0.1) is 0 Å². The van der Waals surface area contributed by atoms with Crippen LogP contribution in [0.5, 0.6) is 5.75 Å². The van der Waals surface area contributed by atoms with Crippen LogP contribution in [0.4, 0.5) is 5.69 Å². The van der Waals surface area contributed by atoms with Crippen LogP contribution in [0.1, 0.15) is 21.5 Å². The van der Waals surface area contributed by atoms with Crippen molar-refractivity contribution >= 4 is 22.6 Å². The molecular formula is C22H15NO7. The van der Waals surface area contributed by atoms with Gasteiger partial charge in [-0.2, -0.15) is 0 Å². The minimum Gasteiger partial charge on any atom is -0.461 e. The van der Waals surface area contributed by atoms with Gasteiger partial charge in [0.05, 0.1) is 16.6 Å². The standard InChI is InChI=1S/C22H15NO7/c1-12-10-15-18(11-13(12)2)29-20(17-8-5-9-28-17)21(19(15)24)30-22(25)14-6-3-4-7-16(14)23(26)27/h3-11H,1-2H3. The highest BCUT2D eigenvalue weighted by Crippen LogP contribution is 2.33. The predicted octanol–water partition coefficient (Wildman–Crippen LogP) is 4.80. The molecule has 0 radical (unpaired) electrons. The summed E-state index contributed by atoms with van der Waals surface area (Å²) in [6.45, 7) is 3.72. The Balaban J connectivity index is 1.92. The number of fused-ring (bicyclic) bond motifs is 1. The van der Waals surface area contributed by atoms with Crippen molar-refractivity contribution in [2.24, 2.45) is 0 Å². The molecule has 0 fully saturated rings. The molecule has 150 valence electrons. The second-order valence-electron chi connectivity index (χ2n) is 6.66. The highest BCUT2D eigenvalue weighted by molar-refractivity contribution is 5.96. The number of carbonyl (C=O) groups excluding carboxylic acids is 1. The number of ether oxygens (including phenoxy) is 1. The average Bonchev–Trinajstić information content (AvgIpc) is 3.26. The fourth-order valence-electron chi connectivity index (χ4n) is 3.05. The lowest BCUT2D eigenvalue weighted by molar-refractivity contribution is -0.385. The number of nitro groups is 1. The fraction of sp³-hybridized carbons (Fsp3) is 0.0909. The number of hydrogen-bond donors (Lipinski definition) is 0. The van der Waals surface area contributed by atoms with Crippen LogP contribution in [-0.4, -0.2) is 10.9 Å². The van der Waals surface area contributed by atoms with Gasteiger partial charge in [-0.1, -0.05) is 12.1 Å². The van der Waals surface area contributed by atoms with E-state index in [1.165, 1.54) is 30.5 Å². The molecule has 2 aromatic heterocycles. The first kappa shape index (κ1) is 19.1. The number of aryl methyl sites for hydroxylation is 2. The maximum Gasteiger partial charge on any atom is 0.350 e. The molecule has 0 aliphatic rings. The summed E-state index contributed by atoms with van der Waals surface area (Å²) in [5.41, 5.74) is 0.779. The molecule has 0 saturated heterocycles. The van der Waals surface area contributed by atoms with E-state index >= 15 is 0 Å². The summed E-state index contributed by atoms with van der Waals surface area (Å²) in [5.74, 6) is -1.35. The minimum atomic E-state index is -1.05. The number of carbonyl (C=O) groups is 1. The Kier molecular flexibility index (Phi) is 4.67. The number of benzene rings is 2. The quantitative estimate of drug-likeness (QED) is 0.272. The van der Waals surface area contributed by atoms with Crippen molar-refractivity contribution in [2.45, 2.75) is 13.8 Å². The van der Waals surface area contributed by atoms with Crippen LogP contribution in [0.3, 0.4) is 0 Å². The number of hydrogen-bond acceptors (Lipinski definition) is 7. The lowest BCUT2D eigenvalue weighted by atomic mass is 10.1. The molecule has 0 unspecified atom stereocenters. The molecule has 8 nitrogen and oxygen atoms in total. The molecule has 0 atom stereocenters. The summed E-state index contributed by atoms with van der Waals surface area (Å²) in [6, 6.07) is 11.8. The van der Waals surface area contributed by atoms with Gasteiger partial charge in [-0.3, -0.25) is 14.9 Å². The smallest absolute Gasteiger partial charge is 0.350 e. The zero-order chi connectivity index (χ0) is 21.4. The fourth-order valence-corrected chi connectivity index (χ4v) is 3.05. The summed E-state index contributed by atoms with van der Waals surface area (Å²) in [4.78, 5) is 36.5. The van der Waals surface area contributed by atoms with E-state index in [2.05, 4.69) is 0 Å². The van der Waals surface area contributed by atoms with Crippen LogP contribution in [0.25, 0.3) is 22.5 Å². The maximum absolute atomic E-state index is 13.2. The Labute approximate surface area is 169 Å². The van der Waals surface area contributed by atoms with E-state index in [0.29, 0.717) is 5.58 Å². The molecule has 0 N–H and O–H groups in total. The van der Waals surface area contributed by atoms with Gasteiger partial charge >= 0.3 is 5.97 Å². The van der Waals surface area contributed by atoms with Gasteiger partial charge in [-0.05, 0) is 55.3 Å². The first-order valence-electron chi connectivity index (χ1n) is 8.94. The van der Waals surface area contributed by atoms with E-state index in [4.69, 9.17) is 13.6 Å². The number of para-hydroxylation sites is 1. The molecule has 0 bridgehead atoms. The second-order valence-corrected chi connectivity index (χ2v) is 6.66. The van der Waals surface area contributed by atoms with Crippen molar-refractivity contribution in [2.75, 3.05) is 0 Å². The molecule has 2 aromatic carbocycles. The SMILES string of the molecule is Cc1cc2oc(-c3ccco3)c(OC(=O)c3ccccc3[N+](=O)[O-])c(=O)c2cc1C. The van der Waals surface area contributed by atoms with Crippen molar-refractivity contribution in [3.8, 4) is 17.3 Å². The average molecular weight is 405 g/mol. The van der Waals surface area contributed by atoms with E-state index < -0.39 is 27.8 Å². The highest BCUT2D eigenvalue weighted by Gasteiger charge is 2.26. The van der Waals surface area contributed by atoms with Crippen LogP contribution < -0.4 is 10.2 Å². The van der Waals surface area contributed by atoms with E-state index in [-0.39, 0.29) is 22.5 Å². The number of rotatable bonds is 4. The zero-order valence-electron chi connectivity index (χ0n) is 16.0. The van der Waals surface area contributed by atoms with Crippen molar-refractivity contribution in [3.63, 3.8) is 0 Å². The van der Waals surface area contributed by atoms with Gasteiger partial charge in [0.1, 0.15) is 11.1 Å². The zero-order valence-corrected chi connectivity index (χ0v) is 16.0. The molecule has 4 aromatic rings. The Morgan fingerprint density at radius 2 is 1.80 bits per heavy atom. The Bertz CT molecular complexity index is 1350. The van der Waals surface area contributed by atoms with Gasteiger partial charge < -0.3 is 13.6 Å². The molecule has 4 rings (SSSR count). The highest BCUT2D eigenvalue weighted by atomic mass is 16.6. The molecule has 30 heavy (non-hydrogen) atoms. The first-order chi connectivity index (χ1) is 14.4. The van der Waals surface area contributed by atoms with Crippen LogP contribution >= 0.6 is 0 Å². The van der Waals surface area contributed by atoms with E-state index in [0.717, 1.165) is 11.1 Å². The molecule has 2 heterocycles. The van der Waals surface area contributed by atoms with Crippen LogP contribution in [0.2, 0.25) is 0 Å². The van der Waals surface area contributed by atoms with E-state index in [1.54, 1.807) is 24.3 Å². The van der Waals surface area contributed by atoms with Crippen LogP contribution in [0.15, 0.2) is 68.4 Å². The number of nitro benzene ring substituents is 1. The van der Waals surface area contributed by atoms with Gasteiger partial charge in [-0.25, -0.2) is 4.79 Å². The third-order valence-electron chi connectivity index (χ3n) is 4.73. The summed E-state index contributed by atoms with van der Waals surface area (Å²) in [7, 11) is 0. The topological polar surface area (TPSA) is 113 Å². The summed E-state index contributed by atoms with van der Waals surface area (Å²) >= 11 is 0. The lowest BCUT2D eigenvalue weighted by Gasteiger charge is -2.10. The Morgan fingerprint density at radius 3 is 2.50 bits per heavy atom. The normalized spacial score (nSPS) is 10.9. The number of esters is 1. The van der Waals surface area contributed by atoms with Gasteiger partial charge in [0.15, 0.2) is 5.76 Å². The number of nitrogens with zero attached hydrogens (tertiary/aromatic N) is 1. The van der Waals surface area contributed by atoms with E-state index in [1.807, 2.05) is 13.8 Å². The molecule has 0 aliphatic carbocycles. The Hall–Kier alpha value is -4.20. The molecular weight excluding hydrogens is 390 g/mol. The lowest BCUT2D eigenvalue weighted by Crippen LogP contribution is -2.17.